The van der Waals surface area contributed by atoms with Crippen molar-refractivity contribution in [2.24, 2.45) is 0 Å². The van der Waals surface area contributed by atoms with Gasteiger partial charge in [0, 0.05) is 12.6 Å². The highest BCUT2D eigenvalue weighted by atomic mass is 14.9. The van der Waals surface area contributed by atoms with Crippen molar-refractivity contribution < 1.29 is 0 Å². The van der Waals surface area contributed by atoms with Crippen molar-refractivity contribution in [3.8, 4) is 0 Å². The Morgan fingerprint density at radius 1 is 1.55 bits per heavy atom. The maximum absolute atomic E-state index is 3.69. The topological polar surface area (TPSA) is 12.0 Å². The first kappa shape index (κ1) is 10.4. The zero-order chi connectivity index (χ0) is 8.69. The number of allylic oxidation sites excluding steroid dienone is 1. The summed E-state index contributed by atoms with van der Waals surface area (Å²) in [4.78, 5) is 0. The average Bonchev–Trinajstić information content (AvgIpc) is 1.87. The van der Waals surface area contributed by atoms with E-state index < -0.39 is 0 Å². The normalized spacial score (nSPS) is 12.3. The van der Waals surface area contributed by atoms with Gasteiger partial charge >= 0.3 is 0 Å². The van der Waals surface area contributed by atoms with Gasteiger partial charge in [-0.1, -0.05) is 17.7 Å². The van der Waals surface area contributed by atoms with Crippen molar-refractivity contribution >= 4 is 0 Å². The minimum Gasteiger partial charge on any atom is -0.310 e. The first-order valence-electron chi connectivity index (χ1n) is 4.14. The quantitative estimate of drug-likeness (QED) is 0.598. The smallest absolute Gasteiger partial charge is 0.0139 e. The average molecular weight is 153 g/mol. The fourth-order valence-corrected chi connectivity index (χ4v) is 0.798. The molecule has 0 amide bonds. The summed E-state index contributed by atoms with van der Waals surface area (Å²) in [6, 6.07) is 0.545. The van der Waals surface area contributed by atoms with Crippen molar-refractivity contribution in [1.82, 2.24) is 5.32 Å². The molecule has 0 aromatic heterocycles. The Kier molecular flexibility index (Phi) is 5.86. The minimum absolute atomic E-state index is 0.545. The van der Waals surface area contributed by atoms with Crippen LogP contribution in [0.15, 0.2) is 24.3 Å². The van der Waals surface area contributed by atoms with Crippen LogP contribution in [-0.2, 0) is 0 Å². The van der Waals surface area contributed by atoms with Gasteiger partial charge in [0.1, 0.15) is 0 Å². The third-order valence-electron chi connectivity index (χ3n) is 1.50. The monoisotopic (exact) mass is 153 g/mol. The Bertz CT molecular complexity index is 132. The van der Waals surface area contributed by atoms with Crippen LogP contribution in [0.3, 0.4) is 0 Å². The molecule has 0 aromatic rings. The lowest BCUT2D eigenvalue weighted by molar-refractivity contribution is 0.590. The van der Waals surface area contributed by atoms with Gasteiger partial charge in [-0.15, -0.1) is 6.58 Å². The van der Waals surface area contributed by atoms with E-state index in [9.17, 15) is 0 Å². The molecule has 0 aliphatic carbocycles. The van der Waals surface area contributed by atoms with Crippen molar-refractivity contribution in [1.29, 1.82) is 0 Å². The molecule has 0 aromatic carbocycles. The van der Waals surface area contributed by atoms with E-state index in [1.165, 1.54) is 5.57 Å². The van der Waals surface area contributed by atoms with Gasteiger partial charge in [-0.25, -0.2) is 0 Å². The Morgan fingerprint density at radius 3 is 2.64 bits per heavy atom. The molecule has 0 saturated heterocycles. The first-order chi connectivity index (χ1) is 5.16. The summed E-state index contributed by atoms with van der Waals surface area (Å²) in [5, 5.41) is 3.37. The maximum atomic E-state index is 3.69. The molecule has 0 saturated carbocycles. The third kappa shape index (κ3) is 7.34. The van der Waals surface area contributed by atoms with Crippen LogP contribution < -0.4 is 5.32 Å². The van der Waals surface area contributed by atoms with Gasteiger partial charge in [0.05, 0.1) is 0 Å². The highest BCUT2D eigenvalue weighted by Gasteiger charge is 1.93. The van der Waals surface area contributed by atoms with Crippen LogP contribution in [0.25, 0.3) is 0 Å². The van der Waals surface area contributed by atoms with E-state index >= 15 is 0 Å². The van der Waals surface area contributed by atoms with E-state index in [0.717, 1.165) is 13.0 Å². The Labute approximate surface area is 70.2 Å². The van der Waals surface area contributed by atoms with Crippen LogP contribution in [0.2, 0.25) is 0 Å². The van der Waals surface area contributed by atoms with Crippen molar-refractivity contribution in [2.75, 3.05) is 6.54 Å². The summed E-state index contributed by atoms with van der Waals surface area (Å²) in [7, 11) is 0. The number of nitrogens with one attached hydrogen (secondary N) is 1. The Hall–Kier alpha value is -0.560. The number of hydrogen-bond donors (Lipinski definition) is 1. The van der Waals surface area contributed by atoms with E-state index in [1.54, 1.807) is 0 Å². The van der Waals surface area contributed by atoms with E-state index in [0.29, 0.717) is 6.04 Å². The summed E-state index contributed by atoms with van der Waals surface area (Å²) in [6.07, 6.45) is 5.18. The molecule has 1 N–H and O–H groups in total. The van der Waals surface area contributed by atoms with Crippen LogP contribution >= 0.6 is 0 Å². The molecule has 0 fully saturated rings. The standard InChI is InChI=1S/C10H19N/c1-5-6-10(4)11-8-7-9(2)3/h5,7,10-11H,1,6,8H2,2-4H3. The van der Waals surface area contributed by atoms with E-state index in [-0.39, 0.29) is 0 Å². The lowest BCUT2D eigenvalue weighted by atomic mass is 10.2. The zero-order valence-corrected chi connectivity index (χ0v) is 7.85. The fraction of sp³-hybridized carbons (Fsp3) is 0.600. The largest absolute Gasteiger partial charge is 0.310 e. The zero-order valence-electron chi connectivity index (χ0n) is 7.85. The lowest BCUT2D eigenvalue weighted by Crippen LogP contribution is -2.25. The fourth-order valence-electron chi connectivity index (χ4n) is 0.798. The molecule has 64 valence electrons. The van der Waals surface area contributed by atoms with Gasteiger partial charge in [-0.3, -0.25) is 0 Å². The summed E-state index contributed by atoms with van der Waals surface area (Å²) in [5.41, 5.74) is 1.36. The summed E-state index contributed by atoms with van der Waals surface area (Å²) in [6.45, 7) is 11.0. The molecule has 0 rings (SSSR count). The third-order valence-corrected chi connectivity index (χ3v) is 1.50. The summed E-state index contributed by atoms with van der Waals surface area (Å²) in [5.74, 6) is 0. The van der Waals surface area contributed by atoms with Crippen molar-refractivity contribution in [2.45, 2.75) is 33.2 Å². The van der Waals surface area contributed by atoms with Gasteiger partial charge in [-0.05, 0) is 27.2 Å². The Morgan fingerprint density at radius 2 is 2.18 bits per heavy atom. The number of hydrogen-bond acceptors (Lipinski definition) is 1. The molecule has 1 nitrogen and oxygen atoms in total. The molecular formula is C10H19N. The van der Waals surface area contributed by atoms with Gasteiger partial charge in [0.25, 0.3) is 0 Å². The van der Waals surface area contributed by atoms with Gasteiger partial charge < -0.3 is 5.32 Å². The SMILES string of the molecule is C=CCC(C)NCC=C(C)C. The first-order valence-corrected chi connectivity index (χ1v) is 4.14. The van der Waals surface area contributed by atoms with Gasteiger partial charge in [-0.2, -0.15) is 0 Å². The minimum atomic E-state index is 0.545. The van der Waals surface area contributed by atoms with Crippen LogP contribution in [0.1, 0.15) is 27.2 Å². The summed E-state index contributed by atoms with van der Waals surface area (Å²) >= 11 is 0. The second-order valence-electron chi connectivity index (χ2n) is 3.12. The molecule has 0 radical (unpaired) electrons. The maximum Gasteiger partial charge on any atom is 0.0139 e. The highest BCUT2D eigenvalue weighted by molar-refractivity contribution is 4.94. The molecular weight excluding hydrogens is 134 g/mol. The molecule has 0 bridgehead atoms. The van der Waals surface area contributed by atoms with Crippen LogP contribution in [0.4, 0.5) is 0 Å². The van der Waals surface area contributed by atoms with Crippen LogP contribution in [-0.4, -0.2) is 12.6 Å². The van der Waals surface area contributed by atoms with Gasteiger partial charge in [0.2, 0.25) is 0 Å². The van der Waals surface area contributed by atoms with Crippen molar-refractivity contribution in [3.05, 3.63) is 24.3 Å². The van der Waals surface area contributed by atoms with Crippen molar-refractivity contribution in [3.63, 3.8) is 0 Å². The highest BCUT2D eigenvalue weighted by Crippen LogP contribution is 1.91. The molecule has 1 heteroatoms. The lowest BCUT2D eigenvalue weighted by Gasteiger charge is -2.08. The number of rotatable bonds is 5. The summed E-state index contributed by atoms with van der Waals surface area (Å²) < 4.78 is 0. The Balaban J connectivity index is 3.38. The molecule has 0 heterocycles. The predicted molar refractivity (Wildman–Crippen MR) is 51.7 cm³/mol. The molecule has 11 heavy (non-hydrogen) atoms. The molecule has 1 atom stereocenters. The van der Waals surface area contributed by atoms with E-state index in [4.69, 9.17) is 0 Å². The van der Waals surface area contributed by atoms with E-state index in [2.05, 4.69) is 38.7 Å². The van der Waals surface area contributed by atoms with Gasteiger partial charge in [0.15, 0.2) is 0 Å². The second-order valence-corrected chi connectivity index (χ2v) is 3.12. The molecule has 0 spiro atoms. The van der Waals surface area contributed by atoms with Crippen LogP contribution in [0.5, 0.6) is 0 Å². The molecule has 0 aliphatic heterocycles. The molecule has 1 unspecified atom stereocenters. The molecule has 0 aliphatic rings. The second kappa shape index (κ2) is 6.17. The predicted octanol–water partition coefficient (Wildman–Crippen LogP) is 2.51. The van der Waals surface area contributed by atoms with Crippen LogP contribution in [0, 0.1) is 0 Å². The van der Waals surface area contributed by atoms with E-state index in [1.807, 2.05) is 6.08 Å².